The number of nitrogens with zero attached hydrogens (tertiary/aromatic N) is 1. The number of carbonyl (C=O) groups excluding carboxylic acids is 1. The van der Waals surface area contributed by atoms with Gasteiger partial charge >= 0.3 is 11.5 Å². The Morgan fingerprint density at radius 3 is 2.76 bits per heavy atom. The maximum absolute atomic E-state index is 11.9. The van der Waals surface area contributed by atoms with Crippen molar-refractivity contribution in [3.8, 4) is 0 Å². The number of alkyl halides is 3. The number of nitrogens with two attached hydrogens (primary N) is 1. The highest BCUT2D eigenvalue weighted by Gasteiger charge is 2.27. The summed E-state index contributed by atoms with van der Waals surface area (Å²) in [4.78, 5) is 11.3. The summed E-state index contributed by atoms with van der Waals surface area (Å²) in [5.41, 5.74) is 1.65. The highest BCUT2D eigenvalue weighted by Crippen LogP contribution is 2.30. The number of hydrogen-bond acceptors (Lipinski definition) is 4. The van der Waals surface area contributed by atoms with E-state index >= 15 is 0 Å². The van der Waals surface area contributed by atoms with Crippen molar-refractivity contribution in [2.45, 2.75) is 12.1 Å². The first-order valence-electron chi connectivity index (χ1n) is 4.58. The average molecular weight is 268 g/mol. The first-order valence-corrected chi connectivity index (χ1v) is 5.56. The van der Waals surface area contributed by atoms with E-state index in [0.29, 0.717) is 5.69 Å². The monoisotopic (exact) mass is 268 g/mol. The average Bonchev–Trinajstić information content (AvgIpc) is 2.57. The van der Waals surface area contributed by atoms with Gasteiger partial charge in [0.05, 0.1) is 12.8 Å². The molecule has 0 atom stereocenters. The zero-order valence-electron chi connectivity index (χ0n) is 8.95. The molecule has 4 nitrogen and oxygen atoms in total. The maximum Gasteiger partial charge on any atom is 0.441 e. The van der Waals surface area contributed by atoms with Crippen LogP contribution in [0.3, 0.4) is 0 Å². The predicted molar refractivity (Wildman–Crippen MR) is 58.7 cm³/mol. The molecule has 17 heavy (non-hydrogen) atoms. The Hall–Kier alpha value is -1.31. The molecule has 0 aliphatic heterocycles. The molecule has 0 aliphatic rings. The number of aryl methyl sites for hydroxylation is 1. The van der Waals surface area contributed by atoms with Crippen LogP contribution in [0.5, 0.6) is 0 Å². The summed E-state index contributed by atoms with van der Waals surface area (Å²) in [6.07, 6.45) is 1.41. The number of ether oxygens (including phenoxy) is 1. The lowest BCUT2D eigenvalue weighted by molar-refractivity contribution is -0.0328. The molecule has 0 amide bonds. The maximum atomic E-state index is 11.9. The van der Waals surface area contributed by atoms with E-state index in [0.717, 1.165) is 0 Å². The molecule has 0 saturated carbocycles. The van der Waals surface area contributed by atoms with Crippen LogP contribution in [0.1, 0.15) is 10.5 Å². The van der Waals surface area contributed by atoms with Crippen LogP contribution in [0.25, 0.3) is 0 Å². The van der Waals surface area contributed by atoms with E-state index in [1.807, 2.05) is 0 Å². The lowest BCUT2D eigenvalue weighted by Gasteiger charge is -2.08. The van der Waals surface area contributed by atoms with Crippen molar-refractivity contribution in [1.82, 2.24) is 4.57 Å². The third kappa shape index (κ3) is 4.22. The molecular formula is C9H11F3N2O2S. The van der Waals surface area contributed by atoms with Gasteiger partial charge in [-0.1, -0.05) is 0 Å². The summed E-state index contributed by atoms with van der Waals surface area (Å²) in [6, 6.07) is 1.37. The second-order valence-corrected chi connectivity index (χ2v) is 4.30. The van der Waals surface area contributed by atoms with Crippen LogP contribution in [0.2, 0.25) is 0 Å². The minimum Gasteiger partial charge on any atom is -0.464 e. The van der Waals surface area contributed by atoms with E-state index in [9.17, 15) is 18.0 Å². The van der Waals surface area contributed by atoms with Gasteiger partial charge in [0.25, 0.3) is 0 Å². The number of hydrogen-bond donors (Lipinski definition) is 1. The summed E-state index contributed by atoms with van der Waals surface area (Å²) in [5.74, 6) is -0.819. The molecule has 0 unspecified atom stereocenters. The molecule has 0 aliphatic carbocycles. The zero-order chi connectivity index (χ0) is 13.1. The van der Waals surface area contributed by atoms with Crippen molar-refractivity contribution in [2.75, 3.05) is 18.6 Å². The van der Waals surface area contributed by atoms with Crippen molar-refractivity contribution >= 4 is 23.4 Å². The van der Waals surface area contributed by atoms with Gasteiger partial charge in [0, 0.05) is 18.5 Å². The molecule has 96 valence electrons. The molecule has 0 spiro atoms. The number of aromatic nitrogens is 1. The van der Waals surface area contributed by atoms with Crippen LogP contribution < -0.4 is 5.73 Å². The standard InChI is InChI=1S/C9H11F3N2O2S/c1-16-8(15)7-4-6(13)5-14(7)2-3-17-9(10,11)12/h4-5H,2-3,13H2,1H3. The minimum absolute atomic E-state index is 0.0335. The van der Waals surface area contributed by atoms with E-state index in [4.69, 9.17) is 5.73 Å². The lowest BCUT2D eigenvalue weighted by Crippen LogP contribution is -2.12. The molecule has 0 fully saturated rings. The third-order valence-corrected chi connectivity index (χ3v) is 2.62. The highest BCUT2D eigenvalue weighted by atomic mass is 32.2. The van der Waals surface area contributed by atoms with Gasteiger partial charge < -0.3 is 15.0 Å². The largest absolute Gasteiger partial charge is 0.464 e. The molecular weight excluding hydrogens is 257 g/mol. The van der Waals surface area contributed by atoms with Crippen LogP contribution in [0, 0.1) is 0 Å². The normalized spacial score (nSPS) is 11.5. The van der Waals surface area contributed by atoms with Gasteiger partial charge in [-0.2, -0.15) is 13.2 Å². The predicted octanol–water partition coefficient (Wildman–Crippen LogP) is 2.11. The SMILES string of the molecule is COC(=O)c1cc(N)cn1CCSC(F)(F)F. The Bertz CT molecular complexity index is 403. The topological polar surface area (TPSA) is 57.2 Å². The molecule has 1 rings (SSSR count). The number of anilines is 1. The fourth-order valence-electron chi connectivity index (χ4n) is 1.25. The lowest BCUT2D eigenvalue weighted by atomic mass is 10.4. The van der Waals surface area contributed by atoms with Crippen LogP contribution in [-0.4, -0.2) is 28.9 Å². The molecule has 0 bridgehead atoms. The second kappa shape index (κ2) is 5.35. The molecule has 1 aromatic heterocycles. The molecule has 0 aromatic carbocycles. The van der Waals surface area contributed by atoms with E-state index in [1.54, 1.807) is 0 Å². The van der Waals surface area contributed by atoms with Gasteiger partial charge in [0.15, 0.2) is 0 Å². The summed E-state index contributed by atoms with van der Waals surface area (Å²) < 4.78 is 41.6. The number of nitrogen functional groups attached to an aromatic ring is 1. The first-order chi connectivity index (χ1) is 7.83. The number of carbonyl (C=O) groups is 1. The van der Waals surface area contributed by atoms with Gasteiger partial charge in [-0.05, 0) is 17.8 Å². The number of methoxy groups -OCH3 is 1. The van der Waals surface area contributed by atoms with E-state index < -0.39 is 11.5 Å². The smallest absolute Gasteiger partial charge is 0.441 e. The number of halogens is 3. The Balaban J connectivity index is 2.67. The number of rotatable bonds is 4. The fraction of sp³-hybridized carbons (Fsp3) is 0.444. The van der Waals surface area contributed by atoms with Crippen molar-refractivity contribution in [2.24, 2.45) is 0 Å². The van der Waals surface area contributed by atoms with Crippen molar-refractivity contribution < 1.29 is 22.7 Å². The Morgan fingerprint density at radius 1 is 1.59 bits per heavy atom. The number of thioether (sulfide) groups is 1. The summed E-state index contributed by atoms with van der Waals surface area (Å²) in [5, 5.41) is 0. The first kappa shape index (κ1) is 13.8. The van der Waals surface area contributed by atoms with Crippen LogP contribution in [0.15, 0.2) is 12.3 Å². The third-order valence-electron chi connectivity index (χ3n) is 1.91. The van der Waals surface area contributed by atoms with E-state index in [-0.39, 0.29) is 29.8 Å². The van der Waals surface area contributed by atoms with Crippen LogP contribution >= 0.6 is 11.8 Å². The molecule has 0 radical (unpaired) electrons. The van der Waals surface area contributed by atoms with E-state index in [2.05, 4.69) is 4.74 Å². The van der Waals surface area contributed by atoms with Crippen molar-refractivity contribution in [3.63, 3.8) is 0 Å². The van der Waals surface area contributed by atoms with Crippen LogP contribution in [-0.2, 0) is 11.3 Å². The molecule has 8 heteroatoms. The van der Waals surface area contributed by atoms with Crippen molar-refractivity contribution in [1.29, 1.82) is 0 Å². The molecule has 0 saturated heterocycles. The summed E-state index contributed by atoms with van der Waals surface area (Å²) in [7, 11) is 1.19. The van der Waals surface area contributed by atoms with Gasteiger partial charge in [0.1, 0.15) is 5.69 Å². The fourth-order valence-corrected chi connectivity index (χ4v) is 1.77. The zero-order valence-corrected chi connectivity index (χ0v) is 9.77. The Morgan fingerprint density at radius 2 is 2.24 bits per heavy atom. The van der Waals surface area contributed by atoms with Gasteiger partial charge in [-0.3, -0.25) is 0 Å². The second-order valence-electron chi connectivity index (χ2n) is 3.14. The van der Waals surface area contributed by atoms with Gasteiger partial charge in [-0.15, -0.1) is 0 Å². The molecule has 1 aromatic rings. The van der Waals surface area contributed by atoms with Crippen LogP contribution in [0.4, 0.5) is 18.9 Å². The molecule has 2 N–H and O–H groups in total. The number of esters is 1. The quantitative estimate of drug-likeness (QED) is 0.850. The minimum atomic E-state index is -4.27. The molecule has 1 heterocycles. The van der Waals surface area contributed by atoms with Gasteiger partial charge in [0.2, 0.25) is 0 Å². The summed E-state index contributed by atoms with van der Waals surface area (Å²) >= 11 is -0.148. The summed E-state index contributed by atoms with van der Waals surface area (Å²) in [6.45, 7) is 0.0335. The van der Waals surface area contributed by atoms with Gasteiger partial charge in [-0.25, -0.2) is 4.79 Å². The Labute approximate surface area is 99.9 Å². The van der Waals surface area contributed by atoms with E-state index in [1.165, 1.54) is 23.9 Å². The van der Waals surface area contributed by atoms with Crippen molar-refractivity contribution in [3.05, 3.63) is 18.0 Å². The Kier molecular flexibility index (Phi) is 4.33. The highest BCUT2D eigenvalue weighted by molar-refractivity contribution is 8.00.